The normalized spacial score (nSPS) is 16.9. The summed E-state index contributed by atoms with van der Waals surface area (Å²) in [6, 6.07) is 2.58. The highest BCUT2D eigenvalue weighted by Crippen LogP contribution is 2.27. The van der Waals surface area contributed by atoms with Gasteiger partial charge in [-0.05, 0) is 18.9 Å². The molecule has 1 heterocycles. The highest BCUT2D eigenvalue weighted by Gasteiger charge is 2.15. The molecule has 5 nitrogen and oxygen atoms in total. The van der Waals surface area contributed by atoms with Gasteiger partial charge in [0.2, 0.25) is 0 Å². The lowest BCUT2D eigenvalue weighted by Crippen LogP contribution is -2.18. The minimum atomic E-state index is -0.768. The van der Waals surface area contributed by atoms with Crippen molar-refractivity contribution in [2.24, 2.45) is 0 Å². The molecule has 0 amide bonds. The van der Waals surface area contributed by atoms with Crippen molar-refractivity contribution in [1.29, 1.82) is 0 Å². The highest BCUT2D eigenvalue weighted by atomic mass is 16.4. The Morgan fingerprint density at radius 3 is 2.94 bits per heavy atom. The Hall–Kier alpha value is -1.36. The van der Waals surface area contributed by atoms with Crippen LogP contribution in [0.5, 0.6) is 0 Å². The maximum Gasteiger partial charge on any atom is 0.304 e. The standard InChI is InChI=1S/C13H21N3O2/c17-13(18)6-8-14-10-11-7-9-16(15-11)12-4-2-1-3-5-12/h7,9,12,14H,1-6,8,10H2,(H,17,18). The lowest BCUT2D eigenvalue weighted by atomic mass is 9.96. The van der Waals surface area contributed by atoms with Crippen LogP contribution in [0.25, 0.3) is 0 Å². The van der Waals surface area contributed by atoms with Crippen LogP contribution >= 0.6 is 0 Å². The van der Waals surface area contributed by atoms with Crippen LogP contribution < -0.4 is 5.32 Å². The summed E-state index contributed by atoms with van der Waals surface area (Å²) in [6.07, 6.45) is 8.61. The molecule has 1 aliphatic rings. The molecule has 1 aliphatic carbocycles. The Labute approximate surface area is 107 Å². The zero-order chi connectivity index (χ0) is 12.8. The van der Waals surface area contributed by atoms with Crippen molar-refractivity contribution < 1.29 is 9.90 Å². The third kappa shape index (κ3) is 3.84. The second-order valence-corrected chi connectivity index (χ2v) is 4.90. The number of hydrogen-bond donors (Lipinski definition) is 2. The molecule has 0 aliphatic heterocycles. The number of carbonyl (C=O) groups is 1. The van der Waals surface area contributed by atoms with Crippen molar-refractivity contribution in [3.8, 4) is 0 Å². The quantitative estimate of drug-likeness (QED) is 0.758. The van der Waals surface area contributed by atoms with Crippen LogP contribution in [0, 0.1) is 0 Å². The van der Waals surface area contributed by atoms with E-state index in [1.807, 2.05) is 12.3 Å². The van der Waals surface area contributed by atoms with E-state index < -0.39 is 5.97 Å². The van der Waals surface area contributed by atoms with Crippen LogP contribution in [0.4, 0.5) is 0 Å². The van der Waals surface area contributed by atoms with E-state index in [9.17, 15) is 4.79 Å². The van der Waals surface area contributed by atoms with Gasteiger partial charge in [0.05, 0.1) is 18.2 Å². The smallest absolute Gasteiger partial charge is 0.304 e. The van der Waals surface area contributed by atoms with Crippen molar-refractivity contribution in [1.82, 2.24) is 15.1 Å². The SMILES string of the molecule is O=C(O)CCNCc1ccn(C2CCCCC2)n1. The number of nitrogens with one attached hydrogen (secondary N) is 1. The molecule has 2 rings (SSSR count). The van der Waals surface area contributed by atoms with Gasteiger partial charge in [0.1, 0.15) is 0 Å². The molecule has 5 heteroatoms. The van der Waals surface area contributed by atoms with E-state index >= 15 is 0 Å². The summed E-state index contributed by atoms with van der Waals surface area (Å²) in [5.74, 6) is -0.768. The molecule has 1 aromatic rings. The van der Waals surface area contributed by atoms with Gasteiger partial charge < -0.3 is 10.4 Å². The molecule has 1 saturated carbocycles. The van der Waals surface area contributed by atoms with E-state index in [2.05, 4.69) is 15.1 Å². The van der Waals surface area contributed by atoms with E-state index in [4.69, 9.17) is 5.11 Å². The second-order valence-electron chi connectivity index (χ2n) is 4.90. The van der Waals surface area contributed by atoms with Crippen LogP contribution in [-0.2, 0) is 11.3 Å². The summed E-state index contributed by atoms with van der Waals surface area (Å²) < 4.78 is 2.08. The topological polar surface area (TPSA) is 67.2 Å². The van der Waals surface area contributed by atoms with Gasteiger partial charge in [0.15, 0.2) is 0 Å². The van der Waals surface area contributed by atoms with Crippen LogP contribution in [0.1, 0.15) is 50.3 Å². The van der Waals surface area contributed by atoms with Gasteiger partial charge in [0, 0.05) is 19.3 Å². The molecule has 1 fully saturated rings. The van der Waals surface area contributed by atoms with Gasteiger partial charge in [-0.15, -0.1) is 0 Å². The fraction of sp³-hybridized carbons (Fsp3) is 0.692. The Morgan fingerprint density at radius 2 is 2.22 bits per heavy atom. The fourth-order valence-electron chi connectivity index (χ4n) is 2.43. The van der Waals surface area contributed by atoms with Crippen molar-refractivity contribution >= 4 is 5.97 Å². The highest BCUT2D eigenvalue weighted by molar-refractivity contribution is 5.66. The lowest BCUT2D eigenvalue weighted by molar-refractivity contribution is -0.136. The fourth-order valence-corrected chi connectivity index (χ4v) is 2.43. The molecule has 100 valence electrons. The van der Waals surface area contributed by atoms with Gasteiger partial charge in [0.25, 0.3) is 0 Å². The largest absolute Gasteiger partial charge is 0.481 e. The average molecular weight is 251 g/mol. The molecule has 0 atom stereocenters. The van der Waals surface area contributed by atoms with Gasteiger partial charge >= 0.3 is 5.97 Å². The molecule has 0 bridgehead atoms. The molecule has 0 radical (unpaired) electrons. The van der Waals surface area contributed by atoms with E-state index in [0.717, 1.165) is 5.69 Å². The Kier molecular flexibility index (Phi) is 4.75. The van der Waals surface area contributed by atoms with Gasteiger partial charge in [-0.2, -0.15) is 5.10 Å². The van der Waals surface area contributed by atoms with Crippen LogP contribution in [0.15, 0.2) is 12.3 Å². The van der Waals surface area contributed by atoms with Crippen molar-refractivity contribution in [2.45, 2.75) is 51.1 Å². The van der Waals surface area contributed by atoms with Gasteiger partial charge in [-0.1, -0.05) is 19.3 Å². The van der Waals surface area contributed by atoms with E-state index in [0.29, 0.717) is 19.1 Å². The molecule has 1 aromatic heterocycles. The minimum Gasteiger partial charge on any atom is -0.481 e. The molecule has 0 saturated heterocycles. The van der Waals surface area contributed by atoms with Gasteiger partial charge in [-0.3, -0.25) is 9.48 Å². The predicted molar refractivity (Wildman–Crippen MR) is 68.3 cm³/mol. The number of hydrogen-bond acceptors (Lipinski definition) is 3. The van der Waals surface area contributed by atoms with E-state index in [1.165, 1.54) is 32.1 Å². The maximum absolute atomic E-state index is 10.4. The molecular formula is C13H21N3O2. The number of aliphatic carboxylic acids is 1. The molecule has 0 aromatic carbocycles. The van der Waals surface area contributed by atoms with Crippen molar-refractivity contribution in [3.63, 3.8) is 0 Å². The Bertz CT molecular complexity index is 383. The molecular weight excluding hydrogens is 230 g/mol. The monoisotopic (exact) mass is 251 g/mol. The van der Waals surface area contributed by atoms with E-state index in [1.54, 1.807) is 0 Å². The molecule has 18 heavy (non-hydrogen) atoms. The minimum absolute atomic E-state index is 0.156. The summed E-state index contributed by atoms with van der Waals surface area (Å²) >= 11 is 0. The lowest BCUT2D eigenvalue weighted by Gasteiger charge is -2.21. The summed E-state index contributed by atoms with van der Waals surface area (Å²) in [5.41, 5.74) is 0.992. The first-order valence-corrected chi connectivity index (χ1v) is 6.72. The predicted octanol–water partition coefficient (Wildman–Crippen LogP) is 1.95. The Balaban J connectivity index is 1.76. The third-order valence-corrected chi connectivity index (χ3v) is 3.43. The number of carboxylic acid groups (broad SMARTS) is 1. The molecule has 0 spiro atoms. The second kappa shape index (κ2) is 6.54. The molecule has 0 unspecified atom stereocenters. The summed E-state index contributed by atoms with van der Waals surface area (Å²) in [7, 11) is 0. The average Bonchev–Trinajstić information content (AvgIpc) is 2.84. The zero-order valence-corrected chi connectivity index (χ0v) is 10.6. The first kappa shape index (κ1) is 13.1. The van der Waals surface area contributed by atoms with E-state index in [-0.39, 0.29) is 6.42 Å². The van der Waals surface area contributed by atoms with Crippen molar-refractivity contribution in [3.05, 3.63) is 18.0 Å². The first-order valence-electron chi connectivity index (χ1n) is 6.72. The summed E-state index contributed by atoms with van der Waals surface area (Å²) in [5, 5.41) is 16.2. The Morgan fingerprint density at radius 1 is 1.44 bits per heavy atom. The van der Waals surface area contributed by atoms with Crippen LogP contribution in [-0.4, -0.2) is 27.4 Å². The molecule has 2 N–H and O–H groups in total. The van der Waals surface area contributed by atoms with Gasteiger partial charge in [-0.25, -0.2) is 0 Å². The zero-order valence-electron chi connectivity index (χ0n) is 10.6. The summed E-state index contributed by atoms with van der Waals surface area (Å²) in [6.45, 7) is 1.14. The first-order chi connectivity index (χ1) is 8.75. The number of rotatable bonds is 6. The third-order valence-electron chi connectivity index (χ3n) is 3.43. The number of aromatic nitrogens is 2. The summed E-state index contributed by atoms with van der Waals surface area (Å²) in [4.78, 5) is 10.4. The van der Waals surface area contributed by atoms with Crippen LogP contribution in [0.2, 0.25) is 0 Å². The number of nitrogens with zero attached hydrogens (tertiary/aromatic N) is 2. The van der Waals surface area contributed by atoms with Crippen LogP contribution in [0.3, 0.4) is 0 Å². The number of carboxylic acids is 1. The maximum atomic E-state index is 10.4. The van der Waals surface area contributed by atoms with Crippen molar-refractivity contribution in [2.75, 3.05) is 6.54 Å².